The molecule has 1 aromatic heterocycles. The molecule has 0 saturated heterocycles. The lowest BCUT2D eigenvalue weighted by Gasteiger charge is -2.01. The summed E-state index contributed by atoms with van der Waals surface area (Å²) in [5.41, 5.74) is 2.48. The van der Waals surface area contributed by atoms with E-state index in [1.165, 1.54) is 5.56 Å². The van der Waals surface area contributed by atoms with Gasteiger partial charge in [-0.1, -0.05) is 36.4 Å². The highest BCUT2D eigenvalue weighted by molar-refractivity contribution is 7.80. The monoisotopic (exact) mass is 214 g/mol. The lowest BCUT2D eigenvalue weighted by atomic mass is 10.1. The van der Waals surface area contributed by atoms with Crippen LogP contribution in [-0.4, -0.2) is 4.98 Å². The van der Waals surface area contributed by atoms with Gasteiger partial charge in [-0.25, -0.2) is 4.98 Å². The van der Waals surface area contributed by atoms with Crippen LogP contribution in [0.2, 0.25) is 0 Å². The van der Waals surface area contributed by atoms with E-state index in [0.717, 1.165) is 23.4 Å². The Bertz CT molecular complexity index is 408. The molecule has 0 aliphatic carbocycles. The molecule has 15 heavy (non-hydrogen) atoms. The number of hydrogen-bond acceptors (Lipinski definition) is 2. The molecule has 0 spiro atoms. The molecule has 0 aliphatic rings. The third-order valence-electron chi connectivity index (χ3n) is 2.27. The minimum absolute atomic E-state index is 0.721. The van der Waals surface area contributed by atoms with Crippen LogP contribution in [0.1, 0.15) is 11.1 Å². The van der Waals surface area contributed by atoms with Gasteiger partial charge >= 0.3 is 0 Å². The lowest BCUT2D eigenvalue weighted by Crippen LogP contribution is -1.92. The van der Waals surface area contributed by atoms with E-state index in [1.807, 2.05) is 18.2 Å². The zero-order chi connectivity index (χ0) is 10.5. The van der Waals surface area contributed by atoms with E-state index in [2.05, 4.69) is 48.1 Å². The lowest BCUT2D eigenvalue weighted by molar-refractivity contribution is 0.934. The minimum atomic E-state index is 0.721. The van der Waals surface area contributed by atoms with Crippen LogP contribution in [0.15, 0.2) is 47.5 Å². The van der Waals surface area contributed by atoms with E-state index in [0.29, 0.717) is 0 Å². The molecule has 0 aliphatic heterocycles. The number of hydrogen-bond donors (Lipinski definition) is 1. The fourth-order valence-electron chi connectivity index (χ4n) is 1.44. The molecule has 1 nitrogen and oxygen atoms in total. The van der Waals surface area contributed by atoms with Crippen molar-refractivity contribution in [2.75, 3.05) is 0 Å². The Hall–Kier alpha value is -1.28. The van der Waals surface area contributed by atoms with Crippen LogP contribution in [0.25, 0.3) is 0 Å². The average molecular weight is 214 g/mol. The quantitative estimate of drug-likeness (QED) is 0.775. The van der Waals surface area contributed by atoms with E-state index in [9.17, 15) is 0 Å². The van der Waals surface area contributed by atoms with Crippen molar-refractivity contribution >= 4 is 12.6 Å². The van der Waals surface area contributed by atoms with Crippen molar-refractivity contribution in [1.82, 2.24) is 4.98 Å². The number of thiol groups is 1. The Kier molecular flexibility index (Phi) is 3.41. The summed E-state index contributed by atoms with van der Waals surface area (Å²) in [6.45, 7) is 0. The average Bonchev–Trinajstić information content (AvgIpc) is 2.30. The third-order valence-corrected chi connectivity index (χ3v) is 2.52. The van der Waals surface area contributed by atoms with Gasteiger partial charge in [0.05, 0.1) is 11.2 Å². The Balaban J connectivity index is 1.96. The van der Waals surface area contributed by atoms with Gasteiger partial charge in [-0.05, 0) is 30.0 Å². The largest absolute Gasteiger partial charge is 0.240 e. The summed E-state index contributed by atoms with van der Waals surface area (Å²) in [4.78, 5) is 4.03. The zero-order valence-corrected chi connectivity index (χ0v) is 9.24. The number of benzene rings is 1. The van der Waals surface area contributed by atoms with Crippen LogP contribution in [0.5, 0.6) is 0 Å². The second-order valence-corrected chi connectivity index (χ2v) is 3.88. The van der Waals surface area contributed by atoms with Crippen molar-refractivity contribution in [3.63, 3.8) is 0 Å². The maximum absolute atomic E-state index is 4.13. The molecule has 1 heterocycles. The number of nitrogens with zero attached hydrogens (tertiary/aromatic N) is 1. The van der Waals surface area contributed by atoms with Crippen LogP contribution in [0.4, 0.5) is 0 Å². The maximum atomic E-state index is 4.13. The number of aromatic nitrogens is 1. The molecule has 75 valence electrons. The number of aryl methyl sites for hydroxylation is 2. The summed E-state index contributed by atoms with van der Waals surface area (Å²) < 4.78 is 0. The summed E-state index contributed by atoms with van der Waals surface area (Å²) in [7, 11) is 0. The highest BCUT2D eigenvalue weighted by Gasteiger charge is 1.96. The molecule has 2 aromatic rings. The fourth-order valence-corrected chi connectivity index (χ4v) is 1.57. The SMILES string of the molecule is Sc1ccc(CCc2ccccc2)[c]n1. The van der Waals surface area contributed by atoms with E-state index < -0.39 is 0 Å². The molecule has 0 unspecified atom stereocenters. The van der Waals surface area contributed by atoms with Crippen LogP contribution in [0.3, 0.4) is 0 Å². The molecule has 2 heteroatoms. The molecule has 0 N–H and O–H groups in total. The predicted molar refractivity (Wildman–Crippen MR) is 64.2 cm³/mol. The zero-order valence-electron chi connectivity index (χ0n) is 8.35. The first-order chi connectivity index (χ1) is 7.34. The van der Waals surface area contributed by atoms with Gasteiger partial charge < -0.3 is 0 Å². The molecule has 0 bridgehead atoms. The summed E-state index contributed by atoms with van der Waals surface area (Å²) in [6, 6.07) is 14.4. The van der Waals surface area contributed by atoms with Gasteiger partial charge in [-0.2, -0.15) is 0 Å². The second-order valence-electron chi connectivity index (χ2n) is 3.43. The van der Waals surface area contributed by atoms with Crippen molar-refractivity contribution < 1.29 is 0 Å². The van der Waals surface area contributed by atoms with Crippen molar-refractivity contribution in [1.29, 1.82) is 0 Å². The molecular weight excluding hydrogens is 202 g/mol. The van der Waals surface area contributed by atoms with Gasteiger partial charge in [0.1, 0.15) is 0 Å². The van der Waals surface area contributed by atoms with Crippen LogP contribution in [-0.2, 0) is 12.8 Å². The Morgan fingerprint density at radius 1 is 1.00 bits per heavy atom. The van der Waals surface area contributed by atoms with Crippen LogP contribution < -0.4 is 0 Å². The highest BCUT2D eigenvalue weighted by atomic mass is 32.1. The van der Waals surface area contributed by atoms with Crippen LogP contribution >= 0.6 is 12.6 Å². The summed E-state index contributed by atoms with van der Waals surface area (Å²) >= 11 is 4.13. The van der Waals surface area contributed by atoms with Gasteiger partial charge in [-0.15, -0.1) is 12.6 Å². The molecule has 0 fully saturated rings. The molecule has 1 aromatic carbocycles. The van der Waals surface area contributed by atoms with E-state index in [1.54, 1.807) is 0 Å². The molecule has 2 rings (SSSR count). The first-order valence-corrected chi connectivity index (χ1v) is 5.40. The van der Waals surface area contributed by atoms with Gasteiger partial charge in [0, 0.05) is 0 Å². The van der Waals surface area contributed by atoms with Crippen molar-refractivity contribution in [2.24, 2.45) is 0 Å². The molecule has 0 atom stereocenters. The summed E-state index contributed by atoms with van der Waals surface area (Å²) in [6.07, 6.45) is 4.99. The topological polar surface area (TPSA) is 12.9 Å². The number of pyridine rings is 1. The third kappa shape index (κ3) is 3.10. The summed E-state index contributed by atoms with van der Waals surface area (Å²) in [5.74, 6) is 0. The fraction of sp³-hybridized carbons (Fsp3) is 0.154. The van der Waals surface area contributed by atoms with Crippen LogP contribution in [0, 0.1) is 6.20 Å². The predicted octanol–water partition coefficient (Wildman–Crippen LogP) is 2.96. The first-order valence-electron chi connectivity index (χ1n) is 4.95. The van der Waals surface area contributed by atoms with E-state index >= 15 is 0 Å². The minimum Gasteiger partial charge on any atom is -0.240 e. The van der Waals surface area contributed by atoms with Gasteiger partial charge in [0.25, 0.3) is 0 Å². The Morgan fingerprint density at radius 3 is 2.47 bits per heavy atom. The number of rotatable bonds is 3. The Morgan fingerprint density at radius 2 is 1.80 bits per heavy atom. The van der Waals surface area contributed by atoms with Gasteiger partial charge in [-0.3, -0.25) is 0 Å². The second kappa shape index (κ2) is 4.99. The normalized spacial score (nSPS) is 10.2. The van der Waals surface area contributed by atoms with E-state index in [-0.39, 0.29) is 0 Å². The molecule has 0 amide bonds. The maximum Gasteiger partial charge on any atom is 0.0937 e. The van der Waals surface area contributed by atoms with Crippen molar-refractivity contribution in [3.05, 3.63) is 59.8 Å². The molecule has 1 radical (unpaired) electrons. The molecule has 0 saturated carbocycles. The molecular formula is C13H12NS. The first kappa shape index (κ1) is 10.2. The van der Waals surface area contributed by atoms with Crippen molar-refractivity contribution in [3.8, 4) is 0 Å². The smallest absolute Gasteiger partial charge is 0.0937 e. The van der Waals surface area contributed by atoms with E-state index in [4.69, 9.17) is 0 Å². The highest BCUT2D eigenvalue weighted by Crippen LogP contribution is 2.07. The standard InChI is InChI=1S/C13H12NS/c15-13-9-8-12(10-14-13)7-6-11-4-2-1-3-5-11/h1-5,8-9H,6-7H2,(H,14,15). The summed E-state index contributed by atoms with van der Waals surface area (Å²) in [5, 5.41) is 0.721. The Labute approximate surface area is 95.6 Å². The van der Waals surface area contributed by atoms with Crippen molar-refractivity contribution in [2.45, 2.75) is 17.9 Å². The van der Waals surface area contributed by atoms with Gasteiger partial charge in [0.15, 0.2) is 0 Å². The van der Waals surface area contributed by atoms with Gasteiger partial charge in [0.2, 0.25) is 0 Å².